The van der Waals surface area contributed by atoms with Gasteiger partial charge in [-0.1, -0.05) is 38.4 Å². The molecule has 4 heteroatoms. The van der Waals surface area contributed by atoms with E-state index in [1.807, 2.05) is 17.0 Å². The number of carbonyl (C=O) groups excluding carboxylic acids is 1. The van der Waals surface area contributed by atoms with E-state index in [9.17, 15) is 4.79 Å². The van der Waals surface area contributed by atoms with E-state index in [0.717, 1.165) is 24.0 Å². The van der Waals surface area contributed by atoms with Crippen molar-refractivity contribution in [3.8, 4) is 0 Å². The van der Waals surface area contributed by atoms with Crippen LogP contribution < -0.4 is 0 Å². The second-order valence-electron chi connectivity index (χ2n) is 6.20. The lowest BCUT2D eigenvalue weighted by molar-refractivity contribution is 0.0776. The molecule has 1 unspecified atom stereocenters. The van der Waals surface area contributed by atoms with E-state index in [4.69, 9.17) is 11.6 Å². The van der Waals surface area contributed by atoms with Crippen LogP contribution in [0.3, 0.4) is 0 Å². The molecule has 1 aliphatic heterocycles. The molecule has 0 radical (unpaired) electrons. The number of hydrogen-bond acceptors (Lipinski definition) is 1. The zero-order valence-electron chi connectivity index (χ0n) is 11.5. The van der Waals surface area contributed by atoms with Crippen LogP contribution in [0.1, 0.15) is 37.6 Å². The first kappa shape index (κ1) is 14.9. The minimum Gasteiger partial charge on any atom is -0.338 e. The van der Waals surface area contributed by atoms with Crippen molar-refractivity contribution in [2.75, 3.05) is 13.1 Å². The summed E-state index contributed by atoms with van der Waals surface area (Å²) in [6.07, 6.45) is 1.07. The molecule has 2 nitrogen and oxygen atoms in total. The van der Waals surface area contributed by atoms with Crippen molar-refractivity contribution in [3.63, 3.8) is 0 Å². The highest BCUT2D eigenvalue weighted by Gasteiger charge is 2.34. The predicted octanol–water partition coefficient (Wildman–Crippen LogP) is 4.61. The summed E-state index contributed by atoms with van der Waals surface area (Å²) in [5.41, 5.74) is 0.835. The van der Waals surface area contributed by atoms with E-state index in [-0.39, 0.29) is 11.3 Å². The van der Waals surface area contributed by atoms with Gasteiger partial charge in [0.15, 0.2) is 0 Å². The van der Waals surface area contributed by atoms with Gasteiger partial charge in [0.1, 0.15) is 0 Å². The van der Waals surface area contributed by atoms with Crippen molar-refractivity contribution in [1.29, 1.82) is 0 Å². The third-order valence-electron chi connectivity index (χ3n) is 3.88. The minimum atomic E-state index is 0.0399. The maximum absolute atomic E-state index is 12.5. The number of likely N-dealkylation sites (tertiary alicyclic amines) is 1. The molecule has 0 bridgehead atoms. The molecule has 1 aromatic rings. The highest BCUT2D eigenvalue weighted by atomic mass is 79.9. The zero-order chi connectivity index (χ0) is 14.2. The Balaban J connectivity index is 2.16. The molecule has 0 saturated carbocycles. The van der Waals surface area contributed by atoms with E-state index >= 15 is 0 Å². The molecule has 1 heterocycles. The number of halogens is 2. The SMILES string of the molecule is CC(C)(C)C1CCN(C(=O)c2cccc(Br)c2Cl)C1. The van der Waals surface area contributed by atoms with Gasteiger partial charge in [-0.3, -0.25) is 4.79 Å². The second kappa shape index (κ2) is 5.45. The monoisotopic (exact) mass is 343 g/mol. The van der Waals surface area contributed by atoms with Gasteiger partial charge in [0, 0.05) is 17.6 Å². The third kappa shape index (κ3) is 3.14. The molecule has 0 aliphatic carbocycles. The molecular formula is C15H19BrClNO. The van der Waals surface area contributed by atoms with Crippen LogP contribution in [0.15, 0.2) is 22.7 Å². The lowest BCUT2D eigenvalue weighted by atomic mass is 9.80. The van der Waals surface area contributed by atoms with Gasteiger partial charge in [-0.2, -0.15) is 0 Å². The summed E-state index contributed by atoms with van der Waals surface area (Å²) >= 11 is 9.56. The van der Waals surface area contributed by atoms with Gasteiger partial charge in [-0.15, -0.1) is 0 Å². The van der Waals surface area contributed by atoms with Gasteiger partial charge in [0.25, 0.3) is 5.91 Å². The number of amides is 1. The fourth-order valence-electron chi connectivity index (χ4n) is 2.49. The van der Waals surface area contributed by atoms with Crippen LogP contribution in [0.4, 0.5) is 0 Å². The largest absolute Gasteiger partial charge is 0.338 e. The quantitative estimate of drug-likeness (QED) is 0.728. The number of hydrogen-bond donors (Lipinski definition) is 0. The van der Waals surface area contributed by atoms with Crippen molar-refractivity contribution in [3.05, 3.63) is 33.3 Å². The van der Waals surface area contributed by atoms with Crippen molar-refractivity contribution >= 4 is 33.4 Å². The van der Waals surface area contributed by atoms with Crippen LogP contribution in [0.2, 0.25) is 5.02 Å². The molecule has 1 amide bonds. The van der Waals surface area contributed by atoms with Crippen molar-refractivity contribution in [2.24, 2.45) is 11.3 Å². The topological polar surface area (TPSA) is 20.3 Å². The number of nitrogens with zero attached hydrogens (tertiary/aromatic N) is 1. The average molecular weight is 345 g/mol. The molecule has 0 aromatic heterocycles. The summed E-state index contributed by atoms with van der Waals surface area (Å²) in [4.78, 5) is 14.4. The molecule has 0 spiro atoms. The van der Waals surface area contributed by atoms with Gasteiger partial charge in [0.05, 0.1) is 10.6 Å². The van der Waals surface area contributed by atoms with E-state index in [2.05, 4.69) is 36.7 Å². The molecule has 19 heavy (non-hydrogen) atoms. The molecular weight excluding hydrogens is 326 g/mol. The molecule has 0 N–H and O–H groups in total. The van der Waals surface area contributed by atoms with Crippen molar-refractivity contribution in [1.82, 2.24) is 4.90 Å². The fraction of sp³-hybridized carbons (Fsp3) is 0.533. The Hall–Kier alpha value is -0.540. The van der Waals surface area contributed by atoms with Gasteiger partial charge in [-0.25, -0.2) is 0 Å². The normalized spacial score (nSPS) is 19.8. The van der Waals surface area contributed by atoms with Gasteiger partial charge >= 0.3 is 0 Å². The summed E-state index contributed by atoms with van der Waals surface area (Å²) in [6.45, 7) is 8.35. The molecule has 2 rings (SSSR count). The molecule has 1 aromatic carbocycles. The Morgan fingerprint density at radius 3 is 2.68 bits per heavy atom. The maximum Gasteiger partial charge on any atom is 0.255 e. The predicted molar refractivity (Wildman–Crippen MR) is 82.6 cm³/mol. The first-order valence-corrected chi connectivity index (χ1v) is 7.71. The highest BCUT2D eigenvalue weighted by molar-refractivity contribution is 9.10. The summed E-state index contributed by atoms with van der Waals surface area (Å²) in [5.74, 6) is 0.598. The average Bonchev–Trinajstić information content (AvgIpc) is 2.81. The standard InChI is InChI=1S/C15H19BrClNO/c1-15(2,3)10-7-8-18(9-10)14(19)11-5-4-6-12(16)13(11)17/h4-6,10H,7-9H2,1-3H3. The first-order valence-electron chi connectivity index (χ1n) is 6.54. The van der Waals surface area contributed by atoms with Gasteiger partial charge < -0.3 is 4.90 Å². The first-order chi connectivity index (χ1) is 8.80. The number of carbonyl (C=O) groups is 1. The van der Waals surface area contributed by atoms with Crippen molar-refractivity contribution < 1.29 is 4.79 Å². The summed E-state index contributed by atoms with van der Waals surface area (Å²) < 4.78 is 0.770. The summed E-state index contributed by atoms with van der Waals surface area (Å²) in [7, 11) is 0. The van der Waals surface area contributed by atoms with E-state index in [1.54, 1.807) is 6.07 Å². The Kier molecular flexibility index (Phi) is 4.26. The van der Waals surface area contributed by atoms with Crippen LogP contribution in [0, 0.1) is 11.3 Å². The Morgan fingerprint density at radius 2 is 2.11 bits per heavy atom. The Bertz CT molecular complexity index is 495. The number of benzene rings is 1. The van der Waals surface area contributed by atoms with E-state index < -0.39 is 0 Å². The van der Waals surface area contributed by atoms with Crippen LogP contribution in [-0.2, 0) is 0 Å². The lowest BCUT2D eigenvalue weighted by Gasteiger charge is -2.27. The van der Waals surface area contributed by atoms with Gasteiger partial charge in [-0.05, 0) is 45.8 Å². The second-order valence-corrected chi connectivity index (χ2v) is 7.44. The Labute approximate surface area is 128 Å². The third-order valence-corrected chi connectivity index (χ3v) is 5.18. The summed E-state index contributed by atoms with van der Waals surface area (Å²) in [5, 5.41) is 0.506. The van der Waals surface area contributed by atoms with Crippen LogP contribution >= 0.6 is 27.5 Å². The maximum atomic E-state index is 12.5. The molecule has 1 fully saturated rings. The van der Waals surface area contributed by atoms with Crippen LogP contribution in [0.25, 0.3) is 0 Å². The smallest absolute Gasteiger partial charge is 0.255 e. The molecule has 1 atom stereocenters. The number of rotatable bonds is 1. The minimum absolute atomic E-state index is 0.0399. The fourth-order valence-corrected chi connectivity index (χ4v) is 3.06. The van der Waals surface area contributed by atoms with Crippen LogP contribution in [-0.4, -0.2) is 23.9 Å². The Morgan fingerprint density at radius 1 is 1.42 bits per heavy atom. The zero-order valence-corrected chi connectivity index (χ0v) is 13.9. The summed E-state index contributed by atoms with van der Waals surface area (Å²) in [6, 6.07) is 5.49. The molecule has 104 valence electrons. The highest BCUT2D eigenvalue weighted by Crippen LogP contribution is 2.35. The van der Waals surface area contributed by atoms with E-state index in [0.29, 0.717) is 16.5 Å². The molecule has 1 saturated heterocycles. The van der Waals surface area contributed by atoms with Gasteiger partial charge in [0.2, 0.25) is 0 Å². The lowest BCUT2D eigenvalue weighted by Crippen LogP contribution is -2.31. The van der Waals surface area contributed by atoms with Crippen LogP contribution in [0.5, 0.6) is 0 Å². The van der Waals surface area contributed by atoms with E-state index in [1.165, 1.54) is 0 Å². The molecule has 1 aliphatic rings. The van der Waals surface area contributed by atoms with Crippen molar-refractivity contribution in [2.45, 2.75) is 27.2 Å².